The van der Waals surface area contributed by atoms with E-state index in [0.717, 1.165) is 22.2 Å². The fraction of sp³-hybridized carbons (Fsp3) is 0.526. The lowest BCUT2D eigenvalue weighted by atomic mass is 9.96. The van der Waals surface area contributed by atoms with Crippen molar-refractivity contribution in [3.63, 3.8) is 0 Å². The summed E-state index contributed by atoms with van der Waals surface area (Å²) >= 11 is 0. The highest BCUT2D eigenvalue weighted by molar-refractivity contribution is 6.09. The standard InChI is InChI=1S/C19H26N2O/c1-12-8-9-16-17(10-12)20-15(4)19(16)18(22)11-21-13(2)6-5-7-14(21)3/h8-10,13-14,20H,5-7,11H2,1-4H3/p+1/t13-,14+. The van der Waals surface area contributed by atoms with Crippen LogP contribution in [0.1, 0.15) is 54.7 Å². The minimum Gasteiger partial charge on any atom is -0.358 e. The van der Waals surface area contributed by atoms with E-state index in [0.29, 0.717) is 18.6 Å². The first-order valence-electron chi connectivity index (χ1n) is 8.45. The second-order valence-corrected chi connectivity index (χ2v) is 7.08. The lowest BCUT2D eigenvalue weighted by molar-refractivity contribution is -0.943. The van der Waals surface area contributed by atoms with Crippen LogP contribution in [0.2, 0.25) is 0 Å². The molecule has 1 saturated heterocycles. The van der Waals surface area contributed by atoms with E-state index in [2.05, 4.69) is 44.0 Å². The van der Waals surface area contributed by atoms with E-state index in [9.17, 15) is 4.79 Å². The number of hydrogen-bond donors (Lipinski definition) is 2. The molecule has 0 bridgehead atoms. The first kappa shape index (κ1) is 15.3. The van der Waals surface area contributed by atoms with Crippen LogP contribution in [0.3, 0.4) is 0 Å². The summed E-state index contributed by atoms with van der Waals surface area (Å²) in [7, 11) is 0. The number of aromatic nitrogens is 1. The predicted octanol–water partition coefficient (Wildman–Crippen LogP) is 2.81. The number of quaternary nitrogens is 1. The molecule has 3 nitrogen and oxygen atoms in total. The van der Waals surface area contributed by atoms with Crippen LogP contribution in [-0.2, 0) is 0 Å². The molecule has 22 heavy (non-hydrogen) atoms. The van der Waals surface area contributed by atoms with E-state index in [1.807, 2.05) is 6.92 Å². The van der Waals surface area contributed by atoms with Crippen LogP contribution in [0.25, 0.3) is 10.9 Å². The van der Waals surface area contributed by atoms with Gasteiger partial charge in [0.05, 0.1) is 17.6 Å². The number of carbonyl (C=O) groups is 1. The second-order valence-electron chi connectivity index (χ2n) is 7.08. The number of piperidine rings is 1. The SMILES string of the molecule is Cc1ccc2c(C(=O)C[NH+]3[C@H](C)CCC[C@@H]3C)c(C)[nH]c2c1. The highest BCUT2D eigenvalue weighted by Crippen LogP contribution is 2.23. The van der Waals surface area contributed by atoms with Gasteiger partial charge < -0.3 is 9.88 Å². The molecular formula is C19H27N2O+. The van der Waals surface area contributed by atoms with Crippen molar-refractivity contribution in [2.75, 3.05) is 6.54 Å². The largest absolute Gasteiger partial charge is 0.358 e. The van der Waals surface area contributed by atoms with Gasteiger partial charge in [0.25, 0.3) is 0 Å². The molecule has 2 aromatic rings. The number of carbonyl (C=O) groups excluding carboxylic acids is 1. The number of hydrogen-bond acceptors (Lipinski definition) is 1. The van der Waals surface area contributed by atoms with Gasteiger partial charge in [0.2, 0.25) is 5.78 Å². The Morgan fingerprint density at radius 1 is 1.23 bits per heavy atom. The van der Waals surface area contributed by atoms with Crippen molar-refractivity contribution in [2.45, 2.75) is 59.0 Å². The van der Waals surface area contributed by atoms with E-state index in [1.54, 1.807) is 0 Å². The maximum Gasteiger partial charge on any atom is 0.219 e. The third-order valence-corrected chi connectivity index (χ3v) is 5.33. The fourth-order valence-corrected chi connectivity index (χ4v) is 4.01. The van der Waals surface area contributed by atoms with Gasteiger partial charge in [-0.05, 0) is 58.6 Å². The zero-order valence-corrected chi connectivity index (χ0v) is 14.1. The Balaban J connectivity index is 1.90. The summed E-state index contributed by atoms with van der Waals surface area (Å²) in [6.45, 7) is 9.27. The summed E-state index contributed by atoms with van der Waals surface area (Å²) in [5.74, 6) is 0.281. The predicted molar refractivity (Wildman–Crippen MR) is 90.7 cm³/mol. The van der Waals surface area contributed by atoms with Gasteiger partial charge in [-0.3, -0.25) is 4.79 Å². The lowest BCUT2D eigenvalue weighted by Crippen LogP contribution is -3.20. The summed E-state index contributed by atoms with van der Waals surface area (Å²) in [4.78, 5) is 17.8. The van der Waals surface area contributed by atoms with E-state index in [1.165, 1.54) is 29.7 Å². The number of benzene rings is 1. The average molecular weight is 299 g/mol. The molecule has 0 radical (unpaired) electrons. The van der Waals surface area contributed by atoms with E-state index in [-0.39, 0.29) is 5.78 Å². The van der Waals surface area contributed by atoms with E-state index >= 15 is 0 Å². The van der Waals surface area contributed by atoms with Crippen molar-refractivity contribution < 1.29 is 9.69 Å². The summed E-state index contributed by atoms with van der Waals surface area (Å²) < 4.78 is 0. The number of fused-ring (bicyclic) bond motifs is 1. The van der Waals surface area contributed by atoms with Crippen molar-refractivity contribution in [1.82, 2.24) is 4.98 Å². The summed E-state index contributed by atoms with van der Waals surface area (Å²) in [6, 6.07) is 7.46. The summed E-state index contributed by atoms with van der Waals surface area (Å²) in [5.41, 5.74) is 4.20. The maximum atomic E-state index is 12.9. The minimum atomic E-state index is 0.281. The molecule has 1 aliphatic heterocycles. The molecule has 3 atom stereocenters. The maximum absolute atomic E-state index is 12.9. The second kappa shape index (κ2) is 5.88. The number of Topliss-reactive ketones (excluding diaryl/α,β-unsaturated/α-hetero) is 1. The van der Waals surface area contributed by atoms with Gasteiger partial charge in [-0.2, -0.15) is 0 Å². The van der Waals surface area contributed by atoms with Gasteiger partial charge in [-0.25, -0.2) is 0 Å². The molecule has 1 aromatic carbocycles. The quantitative estimate of drug-likeness (QED) is 0.840. The molecule has 1 fully saturated rings. The Hall–Kier alpha value is -1.61. The van der Waals surface area contributed by atoms with Crippen LogP contribution in [0.15, 0.2) is 18.2 Å². The van der Waals surface area contributed by atoms with E-state index < -0.39 is 0 Å². The van der Waals surface area contributed by atoms with Crippen molar-refractivity contribution in [2.24, 2.45) is 0 Å². The number of ketones is 1. The number of likely N-dealkylation sites (tertiary alicyclic amines) is 1. The molecule has 1 aromatic heterocycles. The molecule has 0 spiro atoms. The van der Waals surface area contributed by atoms with Gasteiger partial charge >= 0.3 is 0 Å². The molecule has 0 aliphatic carbocycles. The van der Waals surface area contributed by atoms with Gasteiger partial charge in [-0.15, -0.1) is 0 Å². The van der Waals surface area contributed by atoms with Crippen LogP contribution in [0.5, 0.6) is 0 Å². The molecule has 3 heteroatoms. The van der Waals surface area contributed by atoms with Crippen LogP contribution in [0, 0.1) is 13.8 Å². The first-order valence-corrected chi connectivity index (χ1v) is 8.45. The van der Waals surface area contributed by atoms with Crippen LogP contribution < -0.4 is 4.90 Å². The van der Waals surface area contributed by atoms with Crippen molar-refractivity contribution in [1.29, 1.82) is 0 Å². The zero-order chi connectivity index (χ0) is 15.9. The Bertz CT molecular complexity index is 691. The molecular weight excluding hydrogens is 272 g/mol. The Morgan fingerprint density at radius 3 is 2.59 bits per heavy atom. The Kier molecular flexibility index (Phi) is 4.09. The van der Waals surface area contributed by atoms with Gasteiger partial charge in [0.15, 0.2) is 0 Å². The van der Waals surface area contributed by atoms with Crippen LogP contribution in [0.4, 0.5) is 0 Å². The minimum absolute atomic E-state index is 0.281. The van der Waals surface area contributed by atoms with Crippen molar-refractivity contribution in [3.05, 3.63) is 35.0 Å². The van der Waals surface area contributed by atoms with E-state index in [4.69, 9.17) is 0 Å². The molecule has 3 rings (SSSR count). The van der Waals surface area contributed by atoms with Crippen molar-refractivity contribution >= 4 is 16.7 Å². The average Bonchev–Trinajstić information content (AvgIpc) is 2.78. The van der Waals surface area contributed by atoms with Crippen molar-refractivity contribution in [3.8, 4) is 0 Å². The van der Waals surface area contributed by atoms with Gasteiger partial charge in [0.1, 0.15) is 6.54 Å². The molecule has 2 N–H and O–H groups in total. The number of aryl methyl sites for hydroxylation is 2. The fourth-order valence-electron chi connectivity index (χ4n) is 4.01. The zero-order valence-electron chi connectivity index (χ0n) is 14.1. The topological polar surface area (TPSA) is 37.3 Å². The molecule has 2 heterocycles. The molecule has 0 saturated carbocycles. The molecule has 1 aliphatic rings. The normalized spacial score (nSPS) is 25.5. The molecule has 1 unspecified atom stereocenters. The third kappa shape index (κ3) is 2.70. The summed E-state index contributed by atoms with van der Waals surface area (Å²) in [6.07, 6.45) is 3.77. The van der Waals surface area contributed by atoms with Crippen LogP contribution >= 0.6 is 0 Å². The lowest BCUT2D eigenvalue weighted by Gasteiger charge is -2.35. The highest BCUT2D eigenvalue weighted by atomic mass is 16.1. The number of rotatable bonds is 3. The number of nitrogens with one attached hydrogen (secondary N) is 2. The third-order valence-electron chi connectivity index (χ3n) is 5.33. The highest BCUT2D eigenvalue weighted by Gasteiger charge is 2.31. The number of H-pyrrole nitrogens is 1. The van der Waals surface area contributed by atoms with Gasteiger partial charge in [0, 0.05) is 16.6 Å². The molecule has 118 valence electrons. The Morgan fingerprint density at radius 2 is 1.91 bits per heavy atom. The number of aromatic amines is 1. The Labute approximate surface area is 132 Å². The van der Waals surface area contributed by atoms with Crippen LogP contribution in [-0.4, -0.2) is 29.4 Å². The van der Waals surface area contributed by atoms with Gasteiger partial charge in [-0.1, -0.05) is 12.1 Å². The molecule has 0 amide bonds. The monoisotopic (exact) mass is 299 g/mol. The smallest absolute Gasteiger partial charge is 0.219 e. The summed E-state index contributed by atoms with van der Waals surface area (Å²) in [5, 5.41) is 1.07. The first-order chi connectivity index (χ1) is 10.5.